The van der Waals surface area contributed by atoms with Crippen molar-refractivity contribution in [2.24, 2.45) is 0 Å². The van der Waals surface area contributed by atoms with Gasteiger partial charge in [0.25, 0.3) is 5.91 Å². The van der Waals surface area contributed by atoms with E-state index in [4.69, 9.17) is 4.74 Å². The Labute approximate surface area is 150 Å². The van der Waals surface area contributed by atoms with Crippen LogP contribution in [0.1, 0.15) is 30.4 Å². The summed E-state index contributed by atoms with van der Waals surface area (Å²) in [5.74, 6) is -0.679. The second kappa shape index (κ2) is 8.64. The molecule has 0 radical (unpaired) electrons. The van der Waals surface area contributed by atoms with E-state index >= 15 is 0 Å². The fourth-order valence-electron chi connectivity index (χ4n) is 2.27. The predicted octanol–water partition coefficient (Wildman–Crippen LogP) is 4.43. The molecule has 0 aliphatic rings. The highest BCUT2D eigenvalue weighted by Crippen LogP contribution is 2.20. The molecule has 0 saturated heterocycles. The number of aryl methyl sites for hydroxylation is 1. The Balaban J connectivity index is 1.78. The molecule has 1 amide bonds. The topological polar surface area (TPSA) is 55.4 Å². The van der Waals surface area contributed by atoms with Crippen LogP contribution in [0.4, 0.5) is 5.69 Å². The number of amides is 1. The summed E-state index contributed by atoms with van der Waals surface area (Å²) in [5, 5.41) is 2.71. The number of hydrogen-bond acceptors (Lipinski definition) is 3. The van der Waals surface area contributed by atoms with Crippen molar-refractivity contribution in [2.75, 3.05) is 11.9 Å². The molecule has 2 aromatic rings. The van der Waals surface area contributed by atoms with Crippen molar-refractivity contribution in [3.05, 3.63) is 64.1 Å². The normalized spacial score (nSPS) is 11.6. The van der Waals surface area contributed by atoms with Crippen LogP contribution in [0.25, 0.3) is 0 Å². The van der Waals surface area contributed by atoms with E-state index in [2.05, 4.69) is 21.2 Å². The third kappa shape index (κ3) is 5.49. The molecule has 0 spiro atoms. The summed E-state index contributed by atoms with van der Waals surface area (Å²) in [6.07, 6.45) is 0.245. The summed E-state index contributed by atoms with van der Waals surface area (Å²) in [4.78, 5) is 23.7. The van der Waals surface area contributed by atoms with Crippen molar-refractivity contribution in [1.82, 2.24) is 0 Å². The van der Waals surface area contributed by atoms with Crippen LogP contribution in [-0.4, -0.2) is 18.5 Å². The second-order valence-electron chi connectivity index (χ2n) is 5.69. The van der Waals surface area contributed by atoms with Gasteiger partial charge in [0, 0.05) is 10.2 Å². The first-order chi connectivity index (χ1) is 11.5. The first-order valence-corrected chi connectivity index (χ1v) is 8.51. The van der Waals surface area contributed by atoms with E-state index in [0.29, 0.717) is 5.69 Å². The Bertz CT molecular complexity index is 716. The minimum absolute atomic E-state index is 0.0517. The molecular weight excluding hydrogens is 370 g/mol. The molecule has 1 N–H and O–H groups in total. The lowest BCUT2D eigenvalue weighted by Crippen LogP contribution is -2.21. The van der Waals surface area contributed by atoms with Crippen LogP contribution < -0.4 is 5.32 Å². The molecule has 4 nitrogen and oxygen atoms in total. The molecule has 5 heteroatoms. The maximum Gasteiger partial charge on any atom is 0.306 e. The molecule has 24 heavy (non-hydrogen) atoms. The van der Waals surface area contributed by atoms with Crippen molar-refractivity contribution < 1.29 is 14.3 Å². The molecule has 0 aliphatic carbocycles. The molecule has 0 aromatic heterocycles. The zero-order valence-electron chi connectivity index (χ0n) is 13.7. The summed E-state index contributed by atoms with van der Waals surface area (Å²) in [5.41, 5.74) is 2.76. The largest absolute Gasteiger partial charge is 0.456 e. The fraction of sp³-hybridized carbons (Fsp3) is 0.263. The Kier molecular flexibility index (Phi) is 6.55. The van der Waals surface area contributed by atoms with E-state index in [-0.39, 0.29) is 30.8 Å². The number of benzene rings is 2. The van der Waals surface area contributed by atoms with Gasteiger partial charge in [-0.05, 0) is 42.2 Å². The van der Waals surface area contributed by atoms with Gasteiger partial charge in [-0.15, -0.1) is 0 Å². The van der Waals surface area contributed by atoms with E-state index in [1.165, 1.54) is 0 Å². The number of ether oxygens (including phenoxy) is 1. The third-order valence-corrected chi connectivity index (χ3v) is 4.54. The number of hydrogen-bond donors (Lipinski definition) is 1. The van der Waals surface area contributed by atoms with E-state index in [1.807, 2.05) is 56.3 Å². The lowest BCUT2D eigenvalue weighted by Gasteiger charge is -2.12. The Morgan fingerprint density at radius 2 is 1.88 bits per heavy atom. The average molecular weight is 390 g/mol. The summed E-state index contributed by atoms with van der Waals surface area (Å²) in [7, 11) is 0. The van der Waals surface area contributed by atoms with Gasteiger partial charge in [0.05, 0.1) is 6.42 Å². The summed E-state index contributed by atoms with van der Waals surface area (Å²) >= 11 is 3.41. The van der Waals surface area contributed by atoms with Crippen molar-refractivity contribution in [3.8, 4) is 0 Å². The quantitative estimate of drug-likeness (QED) is 0.743. The van der Waals surface area contributed by atoms with Crippen LogP contribution in [0, 0.1) is 6.92 Å². The average Bonchev–Trinajstić information content (AvgIpc) is 2.57. The van der Waals surface area contributed by atoms with Gasteiger partial charge in [-0.2, -0.15) is 0 Å². The lowest BCUT2D eigenvalue weighted by atomic mass is 9.98. The van der Waals surface area contributed by atoms with Crippen molar-refractivity contribution in [3.63, 3.8) is 0 Å². The third-order valence-electron chi connectivity index (χ3n) is 3.65. The van der Waals surface area contributed by atoms with Gasteiger partial charge in [-0.1, -0.05) is 53.2 Å². The summed E-state index contributed by atoms with van der Waals surface area (Å²) in [6, 6.07) is 15.2. The first kappa shape index (κ1) is 18.2. The molecule has 0 unspecified atom stereocenters. The standard InChI is InChI=1S/C19H20BrNO3/c1-13(15-6-4-3-5-7-15)11-19(23)24-12-18(22)21-16-8-9-17(20)14(2)10-16/h3-10,13H,11-12H2,1-2H3,(H,21,22)/t13-/m1/s1. The number of nitrogens with one attached hydrogen (secondary N) is 1. The van der Waals surface area contributed by atoms with Crippen LogP contribution >= 0.6 is 15.9 Å². The SMILES string of the molecule is Cc1cc(NC(=O)COC(=O)C[C@@H](C)c2ccccc2)ccc1Br. The van der Waals surface area contributed by atoms with E-state index < -0.39 is 0 Å². The van der Waals surface area contributed by atoms with Gasteiger partial charge in [0.2, 0.25) is 0 Å². The summed E-state index contributed by atoms with van der Waals surface area (Å²) in [6.45, 7) is 3.61. The molecule has 126 valence electrons. The highest BCUT2D eigenvalue weighted by molar-refractivity contribution is 9.10. The molecule has 2 rings (SSSR count). The molecule has 0 bridgehead atoms. The number of anilines is 1. The smallest absolute Gasteiger partial charge is 0.306 e. The van der Waals surface area contributed by atoms with Crippen molar-refractivity contribution >= 4 is 33.5 Å². The number of halogens is 1. The fourth-order valence-corrected chi connectivity index (χ4v) is 2.52. The highest BCUT2D eigenvalue weighted by Gasteiger charge is 2.14. The number of rotatable bonds is 6. The van der Waals surface area contributed by atoms with Crippen LogP contribution in [-0.2, 0) is 14.3 Å². The Hall–Kier alpha value is -2.14. The minimum atomic E-state index is -0.381. The van der Waals surface area contributed by atoms with E-state index in [0.717, 1.165) is 15.6 Å². The molecule has 0 heterocycles. The maximum atomic E-state index is 11.9. The minimum Gasteiger partial charge on any atom is -0.456 e. The monoisotopic (exact) mass is 389 g/mol. The van der Waals surface area contributed by atoms with Crippen LogP contribution in [0.2, 0.25) is 0 Å². The molecular formula is C19H20BrNO3. The molecule has 0 fully saturated rings. The molecule has 0 aliphatic heterocycles. The predicted molar refractivity (Wildman–Crippen MR) is 97.9 cm³/mol. The van der Waals surface area contributed by atoms with Crippen molar-refractivity contribution in [2.45, 2.75) is 26.2 Å². The first-order valence-electron chi connectivity index (χ1n) is 7.72. The van der Waals surface area contributed by atoms with E-state index in [9.17, 15) is 9.59 Å². The Morgan fingerprint density at radius 3 is 2.54 bits per heavy atom. The van der Waals surface area contributed by atoms with Gasteiger partial charge in [-0.3, -0.25) is 9.59 Å². The zero-order chi connectivity index (χ0) is 17.5. The second-order valence-corrected chi connectivity index (χ2v) is 6.54. The van der Waals surface area contributed by atoms with Crippen molar-refractivity contribution in [1.29, 1.82) is 0 Å². The maximum absolute atomic E-state index is 11.9. The van der Waals surface area contributed by atoms with Crippen LogP contribution in [0.5, 0.6) is 0 Å². The van der Waals surface area contributed by atoms with Gasteiger partial charge >= 0.3 is 5.97 Å². The van der Waals surface area contributed by atoms with Gasteiger partial charge < -0.3 is 10.1 Å². The van der Waals surface area contributed by atoms with Gasteiger partial charge in [0.15, 0.2) is 6.61 Å². The Morgan fingerprint density at radius 1 is 1.17 bits per heavy atom. The highest BCUT2D eigenvalue weighted by atomic mass is 79.9. The number of carbonyl (C=O) groups excluding carboxylic acids is 2. The number of carbonyl (C=O) groups is 2. The molecule has 2 aromatic carbocycles. The van der Waals surface area contributed by atoms with Crippen LogP contribution in [0.15, 0.2) is 53.0 Å². The zero-order valence-corrected chi connectivity index (χ0v) is 15.3. The molecule has 0 saturated carbocycles. The summed E-state index contributed by atoms with van der Waals surface area (Å²) < 4.78 is 6.04. The number of esters is 1. The van der Waals surface area contributed by atoms with E-state index in [1.54, 1.807) is 6.07 Å². The lowest BCUT2D eigenvalue weighted by molar-refractivity contribution is -0.147. The van der Waals surface area contributed by atoms with Gasteiger partial charge in [-0.25, -0.2) is 0 Å². The molecule has 1 atom stereocenters. The van der Waals surface area contributed by atoms with Gasteiger partial charge in [0.1, 0.15) is 0 Å². The van der Waals surface area contributed by atoms with Crippen LogP contribution in [0.3, 0.4) is 0 Å².